The second kappa shape index (κ2) is 15.3. The van der Waals surface area contributed by atoms with Crippen molar-refractivity contribution < 1.29 is 57.3 Å². The molecule has 0 radical (unpaired) electrons. The molecule has 4 rings (SSSR count). The number of aliphatic carboxylic acids is 1. The third kappa shape index (κ3) is 8.80. The van der Waals surface area contributed by atoms with Crippen molar-refractivity contribution in [2.24, 2.45) is 0 Å². The summed E-state index contributed by atoms with van der Waals surface area (Å²) in [5.74, 6) is -0.540. The van der Waals surface area contributed by atoms with Crippen molar-refractivity contribution in [3.05, 3.63) is 107 Å². The van der Waals surface area contributed by atoms with Gasteiger partial charge in [0.15, 0.2) is 0 Å². The minimum atomic E-state index is -4.51. The van der Waals surface area contributed by atoms with Crippen LogP contribution in [-0.4, -0.2) is 35.0 Å². The largest absolute Gasteiger partial charge is 1.00 e. The molecule has 3 aromatic carbocycles. The molecule has 0 saturated carbocycles. The van der Waals surface area contributed by atoms with Crippen LogP contribution in [0.2, 0.25) is 0 Å². The minimum Gasteiger partial charge on any atom is -1.00 e. The number of alkyl halides is 3. The van der Waals surface area contributed by atoms with Crippen LogP contribution in [0.1, 0.15) is 40.7 Å². The van der Waals surface area contributed by atoms with Gasteiger partial charge in [-0.25, -0.2) is 4.79 Å². The average Bonchev–Trinajstić information content (AvgIpc) is 3.43. The van der Waals surface area contributed by atoms with E-state index in [0.717, 1.165) is 22.8 Å². The van der Waals surface area contributed by atoms with Crippen molar-refractivity contribution in [1.82, 2.24) is 5.32 Å². The molecular formula is C32H31F3LiNO5S. The number of nitrogens with one attached hydrogen (secondary N) is 1. The number of amides is 1. The Balaban J connectivity index is 0.00000337. The molecule has 0 spiro atoms. The van der Waals surface area contributed by atoms with E-state index in [0.29, 0.717) is 29.1 Å². The van der Waals surface area contributed by atoms with Crippen LogP contribution in [0, 0.1) is 6.92 Å². The van der Waals surface area contributed by atoms with Crippen molar-refractivity contribution in [2.45, 2.75) is 38.8 Å². The maximum atomic E-state index is 13.4. The Morgan fingerprint density at radius 3 is 2.35 bits per heavy atom. The Bertz CT molecular complexity index is 1560. The van der Waals surface area contributed by atoms with Gasteiger partial charge in [0.25, 0.3) is 5.91 Å². The van der Waals surface area contributed by atoms with E-state index in [1.54, 1.807) is 18.2 Å². The molecule has 1 amide bonds. The molecule has 4 aromatic rings. The number of carbonyl (C=O) groups excluding carboxylic acids is 1. The smallest absolute Gasteiger partial charge is 1.00 e. The van der Waals surface area contributed by atoms with Crippen LogP contribution in [0.4, 0.5) is 13.2 Å². The van der Waals surface area contributed by atoms with Crippen molar-refractivity contribution in [2.75, 3.05) is 12.0 Å². The van der Waals surface area contributed by atoms with Crippen molar-refractivity contribution >= 4 is 23.6 Å². The normalized spacial score (nSPS) is 11.9. The summed E-state index contributed by atoms with van der Waals surface area (Å²) in [6.07, 6.45) is -2.35. The van der Waals surface area contributed by atoms with Crippen LogP contribution < -0.4 is 24.2 Å². The van der Waals surface area contributed by atoms with Gasteiger partial charge in [0, 0.05) is 11.1 Å². The number of halogens is 3. The molecule has 1 heterocycles. The monoisotopic (exact) mass is 605 g/mol. The predicted octanol–water partition coefficient (Wildman–Crippen LogP) is 4.71. The van der Waals surface area contributed by atoms with Crippen molar-refractivity contribution in [3.63, 3.8) is 0 Å². The van der Waals surface area contributed by atoms with Crippen LogP contribution in [0.3, 0.4) is 0 Å². The third-order valence-electron chi connectivity index (χ3n) is 6.65. The molecule has 0 unspecified atom stereocenters. The number of benzene rings is 3. The molecule has 1 atom stereocenters. The van der Waals surface area contributed by atoms with Gasteiger partial charge in [0.1, 0.15) is 24.2 Å². The van der Waals surface area contributed by atoms with E-state index < -0.39 is 29.7 Å². The van der Waals surface area contributed by atoms with Gasteiger partial charge in [0.2, 0.25) is 0 Å². The molecule has 0 bridgehead atoms. The maximum absolute atomic E-state index is 13.4. The third-order valence-corrected chi connectivity index (χ3v) is 7.29. The number of hydrogen-bond acceptors (Lipinski definition) is 5. The SMILES string of the molecule is CSCC[C@H](NC(=O)c1ccc(COCc2ccc(-c3ccccc3C(F)(F)F)o2)cc1-c1ccccc1C)C(=O)O.[H-].[Li+]. The predicted molar refractivity (Wildman–Crippen MR) is 157 cm³/mol. The summed E-state index contributed by atoms with van der Waals surface area (Å²) in [4.78, 5) is 25.0. The van der Waals surface area contributed by atoms with Gasteiger partial charge >= 0.3 is 31.0 Å². The summed E-state index contributed by atoms with van der Waals surface area (Å²) in [7, 11) is 0. The second-order valence-electron chi connectivity index (χ2n) is 9.64. The second-order valence-corrected chi connectivity index (χ2v) is 10.6. The van der Waals surface area contributed by atoms with Gasteiger partial charge in [-0.3, -0.25) is 4.79 Å². The molecule has 1 aromatic heterocycles. The first kappa shape index (κ1) is 34.1. The first-order valence-electron chi connectivity index (χ1n) is 13.1. The van der Waals surface area contributed by atoms with Gasteiger partial charge in [-0.05, 0) is 77.9 Å². The van der Waals surface area contributed by atoms with E-state index >= 15 is 0 Å². The summed E-state index contributed by atoms with van der Waals surface area (Å²) < 4.78 is 51.7. The molecule has 6 nitrogen and oxygen atoms in total. The summed E-state index contributed by atoms with van der Waals surface area (Å²) in [5.41, 5.74) is 2.64. The van der Waals surface area contributed by atoms with E-state index in [-0.39, 0.29) is 44.8 Å². The quantitative estimate of drug-likeness (QED) is 0.228. The van der Waals surface area contributed by atoms with E-state index in [4.69, 9.17) is 9.15 Å². The fraction of sp³-hybridized carbons (Fsp3) is 0.250. The van der Waals surface area contributed by atoms with Crippen LogP contribution in [-0.2, 0) is 28.9 Å². The van der Waals surface area contributed by atoms with Gasteiger partial charge in [-0.15, -0.1) is 0 Å². The number of furan rings is 1. The Morgan fingerprint density at radius 2 is 1.67 bits per heavy atom. The molecule has 2 N–H and O–H groups in total. The number of ether oxygens (including phenoxy) is 1. The molecule has 0 saturated heterocycles. The Morgan fingerprint density at radius 1 is 0.977 bits per heavy atom. The van der Waals surface area contributed by atoms with Gasteiger partial charge < -0.3 is 21.0 Å². The number of carboxylic acids is 1. The standard InChI is InChI=1S/C32H30F3NO5S.Li.H/c1-20-7-3-4-8-23(20)26-17-21(11-13-24(26)30(37)36-28(31(38)39)15-16-42-2)18-40-19-22-12-14-29(41-22)25-9-5-6-10-27(25)32(33,34)35;;/h3-14,17,28H,15-16,18-19H2,1-2H3,(H,36,37)(H,38,39);;/q;+1;-1/t28-;;/m0../s1. The Hall–Kier alpha value is -3.42. The van der Waals surface area contributed by atoms with E-state index in [1.165, 1.54) is 36.0 Å². The van der Waals surface area contributed by atoms with Crippen LogP contribution in [0.5, 0.6) is 0 Å². The van der Waals surface area contributed by atoms with E-state index in [9.17, 15) is 27.9 Å². The van der Waals surface area contributed by atoms with Crippen LogP contribution in [0.15, 0.2) is 83.3 Å². The first-order valence-corrected chi connectivity index (χ1v) is 14.5. The van der Waals surface area contributed by atoms with Gasteiger partial charge in [0.05, 0.1) is 12.2 Å². The number of thioether (sulfide) groups is 1. The Labute approximate surface area is 265 Å². The zero-order valence-corrected chi connectivity index (χ0v) is 24.9. The number of rotatable bonds is 12. The summed E-state index contributed by atoms with van der Waals surface area (Å²) in [6.45, 7) is 2.08. The van der Waals surface area contributed by atoms with Crippen LogP contribution >= 0.6 is 11.8 Å². The molecule has 0 aliphatic rings. The zero-order chi connectivity index (χ0) is 30.3. The number of aryl methyl sites for hydroxylation is 1. The molecule has 0 fully saturated rings. The molecule has 11 heteroatoms. The van der Waals surface area contributed by atoms with Gasteiger partial charge in [-0.1, -0.05) is 48.5 Å². The van der Waals surface area contributed by atoms with Crippen molar-refractivity contribution in [1.29, 1.82) is 0 Å². The average molecular weight is 606 g/mol. The fourth-order valence-electron chi connectivity index (χ4n) is 4.52. The summed E-state index contributed by atoms with van der Waals surface area (Å²) in [5, 5.41) is 12.2. The zero-order valence-electron chi connectivity index (χ0n) is 25.0. The van der Waals surface area contributed by atoms with Gasteiger partial charge in [-0.2, -0.15) is 24.9 Å². The molecule has 0 aliphatic heterocycles. The molecular weight excluding hydrogens is 574 g/mol. The number of hydrogen-bond donors (Lipinski definition) is 2. The van der Waals surface area contributed by atoms with E-state index in [2.05, 4.69) is 5.32 Å². The van der Waals surface area contributed by atoms with E-state index in [1.807, 2.05) is 43.5 Å². The minimum absolute atomic E-state index is 0. The summed E-state index contributed by atoms with van der Waals surface area (Å²) >= 11 is 1.50. The maximum Gasteiger partial charge on any atom is 1.00 e. The topological polar surface area (TPSA) is 88.8 Å². The molecule has 0 aliphatic carbocycles. The Kier molecular flexibility index (Phi) is 12.2. The molecule has 222 valence electrons. The molecule has 43 heavy (non-hydrogen) atoms. The first-order chi connectivity index (χ1) is 20.1. The van der Waals surface area contributed by atoms with Crippen LogP contribution in [0.25, 0.3) is 22.5 Å². The number of carboxylic acid groups (broad SMARTS) is 1. The summed E-state index contributed by atoms with van der Waals surface area (Å²) in [6, 6.07) is 20.0. The number of carbonyl (C=O) groups is 2. The fourth-order valence-corrected chi connectivity index (χ4v) is 4.99. The van der Waals surface area contributed by atoms with Crippen molar-refractivity contribution in [3.8, 4) is 22.5 Å².